The number of fused-ring (bicyclic) bond motifs is 8. The van der Waals surface area contributed by atoms with Gasteiger partial charge in [-0.15, -0.1) is 0 Å². The van der Waals surface area contributed by atoms with Gasteiger partial charge in [0.25, 0.3) is 0 Å². The van der Waals surface area contributed by atoms with Crippen molar-refractivity contribution in [1.29, 1.82) is 0 Å². The highest BCUT2D eigenvalue weighted by Gasteiger charge is 2.56. The number of rotatable bonds is 8. The first-order chi connectivity index (χ1) is 35.0. The topological polar surface area (TPSA) is 149 Å². The van der Waals surface area contributed by atoms with Crippen LogP contribution in [0.2, 0.25) is 0 Å². The molecule has 0 aromatic heterocycles. The second-order valence-electron chi connectivity index (χ2n) is 23.3. The van der Waals surface area contributed by atoms with Gasteiger partial charge >= 0.3 is 0 Å². The van der Waals surface area contributed by atoms with Gasteiger partial charge < -0.3 is 20.4 Å². The first kappa shape index (κ1) is 52.3. The summed E-state index contributed by atoms with van der Waals surface area (Å²) in [6.45, 7) is 0. The van der Waals surface area contributed by atoms with Crippen molar-refractivity contribution >= 4 is 23.1 Å². The minimum absolute atomic E-state index is 0.214. The van der Waals surface area contributed by atoms with Gasteiger partial charge in [0.2, 0.25) is 0 Å². The molecule has 8 bridgehead atoms. The van der Waals surface area contributed by atoms with Crippen LogP contribution in [0.25, 0.3) is 0 Å². The predicted octanol–water partition coefficient (Wildman–Crippen LogP) is 13.0. The lowest BCUT2D eigenvalue weighted by Gasteiger charge is -2.32. The van der Waals surface area contributed by atoms with Gasteiger partial charge in [-0.05, 0) is 125 Å². The van der Waals surface area contributed by atoms with Gasteiger partial charge in [-0.25, -0.2) is 0 Å². The molecule has 8 heteroatoms. The normalized spacial score (nSPS) is 33.2. The smallest absolute Gasteiger partial charge is 0.145 e. The highest BCUT2D eigenvalue weighted by atomic mass is 16.3. The fraction of sp³-hybridized carbons (Fsp3) is 0.562. The lowest BCUT2D eigenvalue weighted by Crippen LogP contribution is -2.34. The number of aliphatic hydroxyl groups excluding tert-OH is 4. The van der Waals surface area contributed by atoms with Crippen LogP contribution in [0.1, 0.15) is 201 Å². The van der Waals surface area contributed by atoms with Crippen LogP contribution in [-0.4, -0.2) is 43.6 Å². The Labute approximate surface area is 428 Å². The van der Waals surface area contributed by atoms with Gasteiger partial charge in [-0.2, -0.15) is 0 Å². The van der Waals surface area contributed by atoms with Crippen LogP contribution in [0.4, 0.5) is 0 Å². The minimum Gasteiger partial charge on any atom is -0.387 e. The number of Topliss-reactive ketones (excluding diaryl/α,β-unsaturated/α-hetero) is 4. The van der Waals surface area contributed by atoms with Crippen LogP contribution in [0.3, 0.4) is 0 Å². The van der Waals surface area contributed by atoms with Crippen molar-refractivity contribution in [2.45, 2.75) is 179 Å². The maximum atomic E-state index is 12.6. The summed E-state index contributed by atoms with van der Waals surface area (Å²) in [7, 11) is 0. The molecule has 8 saturated carbocycles. The third kappa shape index (κ3) is 10.2. The molecule has 12 rings (SSSR count). The third-order valence-corrected chi connectivity index (χ3v) is 19.5. The molecule has 72 heavy (non-hydrogen) atoms. The summed E-state index contributed by atoms with van der Waals surface area (Å²) in [4.78, 5) is 50.3. The molecule has 12 atom stereocenters. The molecule has 0 aliphatic heterocycles. The van der Waals surface area contributed by atoms with Gasteiger partial charge in [0.05, 0.1) is 46.1 Å². The quantitative estimate of drug-likeness (QED) is 0.136. The number of hydrogen-bond acceptors (Lipinski definition) is 8. The van der Waals surface area contributed by atoms with E-state index < -0.39 is 46.1 Å². The molecule has 4 N–H and O–H groups in total. The van der Waals surface area contributed by atoms with E-state index in [-0.39, 0.29) is 23.7 Å². The van der Waals surface area contributed by atoms with E-state index in [1.807, 2.05) is 121 Å². The van der Waals surface area contributed by atoms with Crippen LogP contribution < -0.4 is 0 Å². The Morgan fingerprint density at radius 1 is 0.278 bits per heavy atom. The lowest BCUT2D eigenvalue weighted by atomic mass is 9.73. The molecule has 0 saturated heterocycles. The van der Waals surface area contributed by atoms with E-state index in [9.17, 15) is 39.6 Å². The number of carbonyl (C=O) groups is 4. The molecule has 8 aliphatic carbocycles. The van der Waals surface area contributed by atoms with Crippen LogP contribution in [0.5, 0.6) is 0 Å². The fourth-order valence-electron chi connectivity index (χ4n) is 15.2. The number of carbonyl (C=O) groups excluding carboxylic acids is 4. The molecular weight excluding hydrogens is 897 g/mol. The molecule has 0 radical (unpaired) electrons. The lowest BCUT2D eigenvalue weighted by molar-refractivity contribution is -0.136. The summed E-state index contributed by atoms with van der Waals surface area (Å²) in [6.07, 6.45) is 21.3. The summed E-state index contributed by atoms with van der Waals surface area (Å²) >= 11 is 0. The van der Waals surface area contributed by atoms with E-state index in [2.05, 4.69) is 0 Å². The molecule has 4 aromatic rings. The number of ketones is 4. The zero-order chi connectivity index (χ0) is 50.4. The van der Waals surface area contributed by atoms with Crippen molar-refractivity contribution in [2.75, 3.05) is 0 Å². The summed E-state index contributed by atoms with van der Waals surface area (Å²) in [5.41, 5.74) is 1.65. The van der Waals surface area contributed by atoms with Crippen molar-refractivity contribution < 1.29 is 39.6 Å². The summed E-state index contributed by atoms with van der Waals surface area (Å²) in [5.74, 6) is 2.17. The Bertz CT molecular complexity index is 2100. The van der Waals surface area contributed by atoms with Crippen LogP contribution >= 0.6 is 0 Å². The molecule has 8 fully saturated rings. The number of benzene rings is 4. The molecule has 0 spiro atoms. The highest BCUT2D eigenvalue weighted by molar-refractivity contribution is 5.92. The standard InChI is InChI=1S/4C16H20O2/c4*17-14(12-6-2-1-3-7-12)16-10-5-4-8-13(9-11-16)15(16)18/h4*1-3,6-7,13-14,17H,4-5,8-11H2/t4*13-,14-,16+/m1111/s1. The summed E-state index contributed by atoms with van der Waals surface area (Å²) in [6, 6.07) is 38.7. The second-order valence-corrected chi connectivity index (χ2v) is 23.3. The third-order valence-electron chi connectivity index (χ3n) is 19.5. The SMILES string of the molecule is O=C1[C@@H]2CCCC[C@@]1([C@H](O)c1ccccc1)CC2.O=C1[C@@H]2CCCC[C@@]1([C@H](O)c1ccccc1)CC2.O=C1[C@@H]2CCCC[C@@]1([C@H](O)c1ccccc1)CC2.O=C1[C@@H]2CCCC[C@@]1([C@H](O)c1ccccc1)CC2. The molecule has 384 valence electrons. The van der Waals surface area contributed by atoms with Crippen LogP contribution in [-0.2, 0) is 19.2 Å². The molecule has 4 aromatic carbocycles. The van der Waals surface area contributed by atoms with Crippen molar-refractivity contribution in [3.8, 4) is 0 Å². The molecular formula is C64H80O8. The van der Waals surface area contributed by atoms with Gasteiger partial charge in [0.15, 0.2) is 0 Å². The molecule has 8 nitrogen and oxygen atoms in total. The van der Waals surface area contributed by atoms with Gasteiger partial charge in [0, 0.05) is 23.7 Å². The van der Waals surface area contributed by atoms with E-state index in [1.54, 1.807) is 0 Å². The molecule has 0 heterocycles. The Morgan fingerprint density at radius 2 is 0.472 bits per heavy atom. The van der Waals surface area contributed by atoms with Crippen LogP contribution in [0, 0.1) is 45.3 Å². The number of aliphatic hydroxyl groups is 4. The van der Waals surface area contributed by atoms with Crippen molar-refractivity contribution in [2.24, 2.45) is 45.3 Å². The summed E-state index contributed by atoms with van der Waals surface area (Å²) in [5, 5.41) is 42.8. The average molecular weight is 977 g/mol. The largest absolute Gasteiger partial charge is 0.387 e. The van der Waals surface area contributed by atoms with E-state index >= 15 is 0 Å². The molecule has 0 amide bonds. The Hall–Kier alpha value is -4.60. The Morgan fingerprint density at radius 3 is 0.667 bits per heavy atom. The maximum absolute atomic E-state index is 12.6. The maximum Gasteiger partial charge on any atom is 0.145 e. The Kier molecular flexibility index (Phi) is 16.6. The molecule has 8 aliphatic rings. The fourth-order valence-corrected chi connectivity index (χ4v) is 15.2. The number of hydrogen-bond donors (Lipinski definition) is 4. The van der Waals surface area contributed by atoms with E-state index in [0.717, 1.165) is 176 Å². The zero-order valence-corrected chi connectivity index (χ0v) is 42.6. The molecule has 0 unspecified atom stereocenters. The monoisotopic (exact) mass is 977 g/mol. The summed E-state index contributed by atoms with van der Waals surface area (Å²) < 4.78 is 0. The first-order valence-corrected chi connectivity index (χ1v) is 28.1. The van der Waals surface area contributed by atoms with Gasteiger partial charge in [-0.3, -0.25) is 19.2 Å². The highest BCUT2D eigenvalue weighted by Crippen LogP contribution is 2.57. The zero-order valence-electron chi connectivity index (χ0n) is 42.6. The van der Waals surface area contributed by atoms with Crippen LogP contribution in [0.15, 0.2) is 121 Å². The Balaban J connectivity index is 0.000000119. The second kappa shape index (κ2) is 22.9. The first-order valence-electron chi connectivity index (χ1n) is 28.1. The minimum atomic E-state index is -0.616. The van der Waals surface area contributed by atoms with Crippen molar-refractivity contribution in [1.82, 2.24) is 0 Å². The average Bonchev–Trinajstić information content (AvgIpc) is 3.95. The van der Waals surface area contributed by atoms with E-state index in [4.69, 9.17) is 0 Å². The van der Waals surface area contributed by atoms with Gasteiger partial charge in [-0.1, -0.05) is 173 Å². The van der Waals surface area contributed by atoms with Gasteiger partial charge in [0.1, 0.15) is 23.1 Å². The van der Waals surface area contributed by atoms with E-state index in [0.29, 0.717) is 23.1 Å². The van der Waals surface area contributed by atoms with Crippen molar-refractivity contribution in [3.05, 3.63) is 144 Å². The predicted molar refractivity (Wildman–Crippen MR) is 280 cm³/mol. The van der Waals surface area contributed by atoms with E-state index in [1.165, 1.54) is 0 Å². The van der Waals surface area contributed by atoms with Crippen molar-refractivity contribution in [3.63, 3.8) is 0 Å².